The molecule has 2 rings (SSSR count). The molecule has 5 heteroatoms. The van der Waals surface area contributed by atoms with Gasteiger partial charge in [0.25, 0.3) is 0 Å². The number of hydrogen-bond acceptors (Lipinski definition) is 2. The van der Waals surface area contributed by atoms with Gasteiger partial charge in [0.2, 0.25) is 0 Å². The molecule has 1 N–H and O–H groups in total. The molecule has 0 radical (unpaired) electrons. The number of alkyl halides is 3. The second-order valence-electron chi connectivity index (χ2n) is 5.37. The van der Waals surface area contributed by atoms with Crippen molar-refractivity contribution < 1.29 is 13.2 Å². The van der Waals surface area contributed by atoms with Gasteiger partial charge >= 0.3 is 6.18 Å². The highest BCUT2D eigenvalue weighted by Gasteiger charge is 2.42. The van der Waals surface area contributed by atoms with Gasteiger partial charge in [-0.15, -0.1) is 11.3 Å². The SMILES string of the molecule is CNC(c1ccc(C)s1)C1CCC(C(F)(F)F)CC1. The van der Waals surface area contributed by atoms with Crippen molar-refractivity contribution in [3.8, 4) is 0 Å². The lowest BCUT2D eigenvalue weighted by Crippen LogP contribution is -2.32. The Hall–Kier alpha value is -0.550. The van der Waals surface area contributed by atoms with Crippen molar-refractivity contribution in [1.82, 2.24) is 5.32 Å². The third kappa shape index (κ3) is 3.51. The topological polar surface area (TPSA) is 12.0 Å². The molecule has 1 aromatic rings. The summed E-state index contributed by atoms with van der Waals surface area (Å²) in [6.45, 7) is 2.06. The van der Waals surface area contributed by atoms with Crippen molar-refractivity contribution in [3.05, 3.63) is 21.9 Å². The fourth-order valence-corrected chi connectivity index (χ4v) is 4.09. The summed E-state index contributed by atoms with van der Waals surface area (Å²) in [5, 5.41) is 3.28. The van der Waals surface area contributed by atoms with Gasteiger partial charge in [0, 0.05) is 15.8 Å². The summed E-state index contributed by atoms with van der Waals surface area (Å²) >= 11 is 1.74. The lowest BCUT2D eigenvalue weighted by Gasteiger charge is -2.34. The van der Waals surface area contributed by atoms with Crippen molar-refractivity contribution in [3.63, 3.8) is 0 Å². The molecule has 0 amide bonds. The molecule has 1 heterocycles. The van der Waals surface area contributed by atoms with Gasteiger partial charge in [-0.2, -0.15) is 13.2 Å². The Balaban J connectivity index is 1.99. The molecule has 1 atom stereocenters. The first-order valence-electron chi connectivity index (χ1n) is 6.72. The molecule has 0 aromatic carbocycles. The van der Waals surface area contributed by atoms with Crippen molar-refractivity contribution in [2.24, 2.45) is 11.8 Å². The van der Waals surface area contributed by atoms with Crippen LogP contribution in [0.3, 0.4) is 0 Å². The van der Waals surface area contributed by atoms with Crippen molar-refractivity contribution >= 4 is 11.3 Å². The minimum absolute atomic E-state index is 0.202. The van der Waals surface area contributed by atoms with E-state index < -0.39 is 12.1 Å². The highest BCUT2D eigenvalue weighted by atomic mass is 32.1. The van der Waals surface area contributed by atoms with Gasteiger partial charge in [0.1, 0.15) is 0 Å². The van der Waals surface area contributed by atoms with Gasteiger partial charge in [-0.1, -0.05) is 0 Å². The molecule has 1 aliphatic rings. The number of aryl methyl sites for hydroxylation is 1. The van der Waals surface area contributed by atoms with E-state index in [2.05, 4.69) is 24.4 Å². The fraction of sp³-hybridized carbons (Fsp3) is 0.714. The molecular weight excluding hydrogens is 271 g/mol. The highest BCUT2D eigenvalue weighted by Crippen LogP contribution is 2.43. The highest BCUT2D eigenvalue weighted by molar-refractivity contribution is 7.12. The first-order chi connectivity index (χ1) is 8.91. The van der Waals surface area contributed by atoms with Crippen LogP contribution in [0.25, 0.3) is 0 Å². The summed E-state index contributed by atoms with van der Waals surface area (Å²) in [7, 11) is 1.90. The molecule has 1 nitrogen and oxygen atoms in total. The molecule has 0 saturated heterocycles. The molecule has 1 aliphatic carbocycles. The quantitative estimate of drug-likeness (QED) is 0.852. The number of halogens is 3. The van der Waals surface area contributed by atoms with Gasteiger partial charge in [-0.05, 0) is 57.7 Å². The van der Waals surface area contributed by atoms with Crippen LogP contribution in [0.4, 0.5) is 13.2 Å². The number of rotatable bonds is 3. The smallest absolute Gasteiger partial charge is 0.312 e. The second kappa shape index (κ2) is 5.83. The normalized spacial score (nSPS) is 26.4. The van der Waals surface area contributed by atoms with Gasteiger partial charge in [-0.3, -0.25) is 0 Å². The summed E-state index contributed by atoms with van der Waals surface area (Å²) in [6, 6.07) is 4.37. The molecule has 1 aromatic heterocycles. The third-order valence-electron chi connectivity index (χ3n) is 4.08. The minimum Gasteiger partial charge on any atom is -0.312 e. The first kappa shape index (κ1) is 14.9. The summed E-state index contributed by atoms with van der Waals surface area (Å²) in [6.07, 6.45) is -2.15. The van der Waals surface area contributed by atoms with Crippen LogP contribution in [0.2, 0.25) is 0 Å². The first-order valence-corrected chi connectivity index (χ1v) is 7.53. The third-order valence-corrected chi connectivity index (χ3v) is 5.17. The van der Waals surface area contributed by atoms with Crippen LogP contribution in [0.5, 0.6) is 0 Å². The molecule has 0 bridgehead atoms. The predicted molar refractivity (Wildman–Crippen MR) is 72.4 cm³/mol. The van der Waals surface area contributed by atoms with Crippen molar-refractivity contribution in [2.45, 2.75) is 44.8 Å². The van der Waals surface area contributed by atoms with E-state index in [0.717, 1.165) is 0 Å². The van der Waals surface area contributed by atoms with Crippen LogP contribution >= 0.6 is 11.3 Å². The molecule has 1 saturated carbocycles. The maximum absolute atomic E-state index is 12.7. The monoisotopic (exact) mass is 291 g/mol. The molecule has 19 heavy (non-hydrogen) atoms. The molecular formula is C14H20F3NS. The van der Waals surface area contributed by atoms with Gasteiger partial charge in [-0.25, -0.2) is 0 Å². The largest absolute Gasteiger partial charge is 0.391 e. The maximum atomic E-state index is 12.7. The van der Waals surface area contributed by atoms with E-state index in [4.69, 9.17) is 0 Å². The maximum Gasteiger partial charge on any atom is 0.391 e. The van der Waals surface area contributed by atoms with Crippen LogP contribution in [0.1, 0.15) is 41.5 Å². The lowest BCUT2D eigenvalue weighted by molar-refractivity contribution is -0.184. The van der Waals surface area contributed by atoms with Crippen LogP contribution in [-0.2, 0) is 0 Å². The summed E-state index contributed by atoms with van der Waals surface area (Å²) in [5.74, 6) is -0.770. The Labute approximate surface area is 116 Å². The van der Waals surface area contributed by atoms with Crippen LogP contribution in [0, 0.1) is 18.8 Å². The molecule has 1 fully saturated rings. The molecule has 108 valence electrons. The zero-order chi connectivity index (χ0) is 14.0. The van der Waals surface area contributed by atoms with E-state index in [1.165, 1.54) is 9.75 Å². The Morgan fingerprint density at radius 3 is 2.26 bits per heavy atom. The summed E-state index contributed by atoms with van der Waals surface area (Å²) < 4.78 is 38.0. The second-order valence-corrected chi connectivity index (χ2v) is 6.69. The Morgan fingerprint density at radius 2 is 1.84 bits per heavy atom. The van der Waals surface area contributed by atoms with E-state index in [1.54, 1.807) is 11.3 Å². The molecule has 1 unspecified atom stereocenters. The Kier molecular flexibility index (Phi) is 4.56. The Morgan fingerprint density at radius 1 is 1.21 bits per heavy atom. The average molecular weight is 291 g/mol. The van der Waals surface area contributed by atoms with E-state index in [9.17, 15) is 13.2 Å². The Bertz CT molecular complexity index is 405. The molecule has 0 aliphatic heterocycles. The van der Waals surface area contributed by atoms with Gasteiger partial charge in [0.05, 0.1) is 5.92 Å². The van der Waals surface area contributed by atoms with Crippen LogP contribution < -0.4 is 5.32 Å². The van der Waals surface area contributed by atoms with Crippen molar-refractivity contribution in [1.29, 1.82) is 0 Å². The summed E-state index contributed by atoms with van der Waals surface area (Å²) in [4.78, 5) is 2.50. The van der Waals surface area contributed by atoms with Crippen molar-refractivity contribution in [2.75, 3.05) is 7.05 Å². The van der Waals surface area contributed by atoms with E-state index in [0.29, 0.717) is 18.8 Å². The fourth-order valence-electron chi connectivity index (χ4n) is 3.01. The number of nitrogens with one attached hydrogen (secondary N) is 1. The average Bonchev–Trinajstić information content (AvgIpc) is 2.76. The van der Waals surface area contributed by atoms with E-state index in [1.807, 2.05) is 7.05 Å². The zero-order valence-corrected chi connectivity index (χ0v) is 12.1. The minimum atomic E-state index is -4.01. The lowest BCUT2D eigenvalue weighted by atomic mass is 9.78. The van der Waals surface area contributed by atoms with Gasteiger partial charge in [0.15, 0.2) is 0 Å². The molecule has 0 spiro atoms. The van der Waals surface area contributed by atoms with Crippen LogP contribution in [-0.4, -0.2) is 13.2 Å². The number of thiophene rings is 1. The van der Waals surface area contributed by atoms with Gasteiger partial charge < -0.3 is 5.32 Å². The predicted octanol–water partition coefficient (Wildman–Crippen LogP) is 4.69. The zero-order valence-electron chi connectivity index (χ0n) is 11.3. The number of hydrogen-bond donors (Lipinski definition) is 1. The van der Waals surface area contributed by atoms with Crippen LogP contribution in [0.15, 0.2) is 12.1 Å². The summed E-state index contributed by atoms with van der Waals surface area (Å²) in [5.41, 5.74) is 0. The van der Waals surface area contributed by atoms with E-state index >= 15 is 0 Å². The van der Waals surface area contributed by atoms with E-state index in [-0.39, 0.29) is 18.9 Å². The standard InChI is InChI=1S/C14H20F3NS/c1-9-3-8-12(19-9)13(18-2)10-4-6-11(7-5-10)14(15,16)17/h3,8,10-11,13,18H,4-7H2,1-2H3.